The van der Waals surface area contributed by atoms with Crippen molar-refractivity contribution in [2.75, 3.05) is 12.4 Å². The smallest absolute Gasteiger partial charge is 0.220 e. The van der Waals surface area contributed by atoms with Crippen molar-refractivity contribution in [3.05, 3.63) is 29.8 Å². The first-order valence-corrected chi connectivity index (χ1v) is 6.72. The molecule has 1 aromatic rings. The summed E-state index contributed by atoms with van der Waals surface area (Å²) in [4.78, 5) is 11.4. The molecule has 100 valence electrons. The summed E-state index contributed by atoms with van der Waals surface area (Å²) in [6, 6.07) is 7.84. The first-order valence-electron chi connectivity index (χ1n) is 6.18. The highest BCUT2D eigenvalue weighted by Crippen LogP contribution is 2.17. The van der Waals surface area contributed by atoms with Crippen molar-refractivity contribution in [1.82, 2.24) is 5.32 Å². The Morgan fingerprint density at radius 1 is 1.44 bits per heavy atom. The van der Waals surface area contributed by atoms with Crippen LogP contribution in [0.4, 0.5) is 0 Å². The first kappa shape index (κ1) is 14.8. The lowest BCUT2D eigenvalue weighted by Crippen LogP contribution is -2.33. The van der Waals surface area contributed by atoms with Gasteiger partial charge in [0.1, 0.15) is 11.9 Å². The Hall–Kier alpha value is -1.22. The fourth-order valence-electron chi connectivity index (χ4n) is 1.52. The third-order valence-corrected chi connectivity index (χ3v) is 2.81. The van der Waals surface area contributed by atoms with Crippen LogP contribution in [0.1, 0.15) is 25.3 Å². The molecule has 0 saturated carbocycles. The van der Waals surface area contributed by atoms with Crippen LogP contribution in [0.25, 0.3) is 0 Å². The Kier molecular flexibility index (Phi) is 6.58. The second-order valence-corrected chi connectivity index (χ2v) is 4.67. The Morgan fingerprint density at radius 2 is 2.17 bits per heavy atom. The van der Waals surface area contributed by atoms with Crippen molar-refractivity contribution in [2.24, 2.45) is 0 Å². The molecular formula is C14H20ClNO2. The number of hydrogen-bond donors (Lipinski definition) is 1. The first-order chi connectivity index (χ1) is 8.63. The number of alkyl halides is 1. The van der Waals surface area contributed by atoms with Crippen molar-refractivity contribution >= 4 is 17.5 Å². The lowest BCUT2D eigenvalue weighted by molar-refractivity contribution is -0.121. The molecule has 1 atom stereocenters. The van der Waals surface area contributed by atoms with Crippen LogP contribution in [0.15, 0.2) is 24.3 Å². The molecule has 3 nitrogen and oxygen atoms in total. The molecule has 0 radical (unpaired) electrons. The van der Waals surface area contributed by atoms with Crippen LogP contribution in [-0.2, 0) is 4.79 Å². The van der Waals surface area contributed by atoms with Gasteiger partial charge in [-0.1, -0.05) is 18.2 Å². The van der Waals surface area contributed by atoms with Gasteiger partial charge in [0.2, 0.25) is 5.91 Å². The Labute approximate surface area is 113 Å². The molecule has 0 aliphatic heterocycles. The standard InChI is InChI=1S/C14H20ClNO2/c1-11-6-3-4-7-13(11)18-12(2)10-16-14(17)8-5-9-15/h3-4,6-7,12H,5,8-10H2,1-2H3,(H,16,17). The van der Waals surface area contributed by atoms with E-state index in [1.54, 1.807) is 0 Å². The van der Waals surface area contributed by atoms with E-state index in [0.29, 0.717) is 25.3 Å². The third-order valence-electron chi connectivity index (χ3n) is 2.55. The minimum Gasteiger partial charge on any atom is -0.489 e. The molecule has 1 unspecified atom stereocenters. The monoisotopic (exact) mass is 269 g/mol. The SMILES string of the molecule is Cc1ccccc1OC(C)CNC(=O)CCCCl. The number of nitrogens with one attached hydrogen (secondary N) is 1. The predicted molar refractivity (Wildman–Crippen MR) is 74.2 cm³/mol. The molecule has 0 heterocycles. The number of aryl methyl sites for hydroxylation is 1. The number of halogens is 1. The molecule has 0 aliphatic rings. The zero-order valence-electron chi connectivity index (χ0n) is 10.9. The van der Waals surface area contributed by atoms with Crippen LogP contribution < -0.4 is 10.1 Å². The fourth-order valence-corrected chi connectivity index (χ4v) is 1.65. The van der Waals surface area contributed by atoms with Crippen molar-refractivity contribution in [3.8, 4) is 5.75 Å². The van der Waals surface area contributed by atoms with Gasteiger partial charge in [-0.3, -0.25) is 4.79 Å². The van der Waals surface area contributed by atoms with Gasteiger partial charge in [0, 0.05) is 12.3 Å². The van der Waals surface area contributed by atoms with Crippen molar-refractivity contribution < 1.29 is 9.53 Å². The van der Waals surface area contributed by atoms with Crippen LogP contribution >= 0.6 is 11.6 Å². The van der Waals surface area contributed by atoms with E-state index in [1.165, 1.54) is 0 Å². The number of carbonyl (C=O) groups is 1. The van der Waals surface area contributed by atoms with Crippen LogP contribution in [0.3, 0.4) is 0 Å². The number of benzene rings is 1. The molecule has 4 heteroatoms. The van der Waals surface area contributed by atoms with E-state index in [1.807, 2.05) is 38.1 Å². The summed E-state index contributed by atoms with van der Waals surface area (Å²) in [5.74, 6) is 1.40. The summed E-state index contributed by atoms with van der Waals surface area (Å²) in [5.41, 5.74) is 1.10. The summed E-state index contributed by atoms with van der Waals surface area (Å²) in [7, 11) is 0. The Balaban J connectivity index is 2.32. The second-order valence-electron chi connectivity index (χ2n) is 4.29. The molecule has 0 saturated heterocycles. The Bertz CT molecular complexity index is 382. The third kappa shape index (κ3) is 5.41. The highest BCUT2D eigenvalue weighted by Gasteiger charge is 2.07. The van der Waals surface area contributed by atoms with Gasteiger partial charge < -0.3 is 10.1 Å². The van der Waals surface area contributed by atoms with Gasteiger partial charge in [-0.15, -0.1) is 11.6 Å². The number of amides is 1. The van der Waals surface area contributed by atoms with Crippen molar-refractivity contribution in [1.29, 1.82) is 0 Å². The van der Waals surface area contributed by atoms with E-state index < -0.39 is 0 Å². The zero-order chi connectivity index (χ0) is 13.4. The van der Waals surface area contributed by atoms with E-state index in [-0.39, 0.29) is 12.0 Å². The Morgan fingerprint density at radius 3 is 2.83 bits per heavy atom. The van der Waals surface area contributed by atoms with Crippen LogP contribution in [0, 0.1) is 6.92 Å². The average Bonchev–Trinajstić information content (AvgIpc) is 2.36. The zero-order valence-corrected chi connectivity index (χ0v) is 11.7. The van der Waals surface area contributed by atoms with Crippen LogP contribution in [0.5, 0.6) is 5.75 Å². The number of carbonyl (C=O) groups excluding carboxylic acids is 1. The van der Waals surface area contributed by atoms with E-state index in [0.717, 1.165) is 11.3 Å². The fraction of sp³-hybridized carbons (Fsp3) is 0.500. The largest absolute Gasteiger partial charge is 0.489 e. The molecule has 1 amide bonds. The minimum atomic E-state index is -0.0500. The molecule has 1 aromatic carbocycles. The summed E-state index contributed by atoms with van der Waals surface area (Å²) in [6.45, 7) is 4.45. The van der Waals surface area contributed by atoms with E-state index in [4.69, 9.17) is 16.3 Å². The van der Waals surface area contributed by atoms with Crippen LogP contribution in [0.2, 0.25) is 0 Å². The molecule has 0 spiro atoms. The minimum absolute atomic E-state index is 0.0240. The number of ether oxygens (including phenoxy) is 1. The number of hydrogen-bond acceptors (Lipinski definition) is 2. The van der Waals surface area contributed by atoms with Gasteiger partial charge in [0.25, 0.3) is 0 Å². The van der Waals surface area contributed by atoms with E-state index in [9.17, 15) is 4.79 Å². The molecule has 0 fully saturated rings. The normalized spacial score (nSPS) is 11.9. The van der Waals surface area contributed by atoms with Gasteiger partial charge in [-0.2, -0.15) is 0 Å². The summed E-state index contributed by atoms with van der Waals surface area (Å²) < 4.78 is 5.76. The van der Waals surface area contributed by atoms with Crippen LogP contribution in [-0.4, -0.2) is 24.4 Å². The topological polar surface area (TPSA) is 38.3 Å². The van der Waals surface area contributed by atoms with E-state index >= 15 is 0 Å². The van der Waals surface area contributed by atoms with Gasteiger partial charge >= 0.3 is 0 Å². The maximum absolute atomic E-state index is 11.4. The number of para-hydroxylation sites is 1. The van der Waals surface area contributed by atoms with Gasteiger partial charge in [-0.05, 0) is 31.9 Å². The lowest BCUT2D eigenvalue weighted by Gasteiger charge is -2.16. The average molecular weight is 270 g/mol. The molecule has 0 bridgehead atoms. The molecule has 1 rings (SSSR count). The van der Waals surface area contributed by atoms with Gasteiger partial charge in [-0.25, -0.2) is 0 Å². The molecule has 0 aliphatic carbocycles. The summed E-state index contributed by atoms with van der Waals surface area (Å²) in [6.07, 6.45) is 1.13. The maximum Gasteiger partial charge on any atom is 0.220 e. The van der Waals surface area contributed by atoms with Gasteiger partial charge in [0.15, 0.2) is 0 Å². The second kappa shape index (κ2) is 7.98. The lowest BCUT2D eigenvalue weighted by atomic mass is 10.2. The molecular weight excluding hydrogens is 250 g/mol. The molecule has 1 N–H and O–H groups in total. The summed E-state index contributed by atoms with van der Waals surface area (Å²) >= 11 is 5.53. The quantitative estimate of drug-likeness (QED) is 0.773. The highest BCUT2D eigenvalue weighted by molar-refractivity contribution is 6.17. The summed E-state index contributed by atoms with van der Waals surface area (Å²) in [5, 5.41) is 2.83. The number of rotatable bonds is 7. The predicted octanol–water partition coefficient (Wildman–Crippen LogP) is 2.90. The van der Waals surface area contributed by atoms with Crippen molar-refractivity contribution in [2.45, 2.75) is 32.8 Å². The highest BCUT2D eigenvalue weighted by atomic mass is 35.5. The van der Waals surface area contributed by atoms with Crippen molar-refractivity contribution in [3.63, 3.8) is 0 Å². The van der Waals surface area contributed by atoms with Gasteiger partial charge in [0.05, 0.1) is 6.54 Å². The maximum atomic E-state index is 11.4. The van der Waals surface area contributed by atoms with E-state index in [2.05, 4.69) is 5.32 Å². The molecule has 0 aromatic heterocycles. The molecule has 18 heavy (non-hydrogen) atoms.